The molecule has 15 nitrogen and oxygen atoms in total. The number of methoxy groups -OCH3 is 1. The molecule has 0 unspecified atom stereocenters. The largest absolute Gasteiger partial charge is 0.508 e. The lowest BCUT2D eigenvalue weighted by Gasteiger charge is -2.43. The van der Waals surface area contributed by atoms with E-state index in [-0.39, 0.29) is 33.8 Å². The van der Waals surface area contributed by atoms with Crippen LogP contribution in [0.3, 0.4) is 0 Å². The Hall–Kier alpha value is -3.35. The minimum absolute atomic E-state index is 0.0276. The quantitative estimate of drug-likeness (QED) is 0.144. The van der Waals surface area contributed by atoms with Crippen molar-refractivity contribution >= 4 is 11.0 Å². The topological polar surface area (TPSA) is 249 Å². The highest BCUT2D eigenvalue weighted by Crippen LogP contribution is 2.44. The molecule has 0 spiro atoms. The zero-order valence-electron chi connectivity index (χ0n) is 22.6. The fourth-order valence-electron chi connectivity index (χ4n) is 5.24. The minimum Gasteiger partial charge on any atom is -0.508 e. The van der Waals surface area contributed by atoms with Crippen molar-refractivity contribution in [1.29, 1.82) is 0 Å². The summed E-state index contributed by atoms with van der Waals surface area (Å²) >= 11 is 0. The smallest absolute Gasteiger partial charge is 0.197 e. The van der Waals surface area contributed by atoms with Crippen LogP contribution in [0.4, 0.5) is 0 Å². The van der Waals surface area contributed by atoms with Gasteiger partial charge in [0.15, 0.2) is 17.3 Å². The van der Waals surface area contributed by atoms with E-state index >= 15 is 0 Å². The first-order valence-electron chi connectivity index (χ1n) is 13.3. The van der Waals surface area contributed by atoms with Gasteiger partial charge in [-0.2, -0.15) is 0 Å². The summed E-state index contributed by atoms with van der Waals surface area (Å²) in [7, 11) is 1.24. The van der Waals surface area contributed by atoms with Gasteiger partial charge in [-0.25, -0.2) is 0 Å². The average Bonchev–Trinajstić information content (AvgIpc) is 2.99. The molecule has 3 aromatic rings. The first-order valence-corrected chi connectivity index (χ1v) is 13.3. The molecule has 0 saturated carbocycles. The normalized spacial score (nSPS) is 33.0. The molecule has 1 aromatic heterocycles. The van der Waals surface area contributed by atoms with Crippen LogP contribution < -0.4 is 10.2 Å². The Labute approximate surface area is 242 Å². The van der Waals surface area contributed by atoms with Crippen molar-refractivity contribution in [3.63, 3.8) is 0 Å². The summed E-state index contributed by atoms with van der Waals surface area (Å²) in [6.45, 7) is -1.30. The van der Waals surface area contributed by atoms with E-state index in [1.54, 1.807) is 0 Å². The Bertz CT molecular complexity index is 1490. The number of hydrogen-bond acceptors (Lipinski definition) is 15. The van der Waals surface area contributed by atoms with Crippen molar-refractivity contribution in [2.24, 2.45) is 0 Å². The third-order valence-electron chi connectivity index (χ3n) is 7.62. The number of rotatable bonds is 7. The van der Waals surface area contributed by atoms with Crippen LogP contribution in [-0.2, 0) is 14.2 Å². The van der Waals surface area contributed by atoms with Gasteiger partial charge >= 0.3 is 0 Å². The molecule has 0 amide bonds. The van der Waals surface area contributed by atoms with Crippen molar-refractivity contribution in [2.75, 3.05) is 20.3 Å². The van der Waals surface area contributed by atoms with Gasteiger partial charge in [0.25, 0.3) is 0 Å². The fourth-order valence-corrected chi connectivity index (χ4v) is 5.24. The lowest BCUT2D eigenvalue weighted by Crippen LogP contribution is -2.60. The number of aliphatic hydroxyl groups excluding tert-OH is 7. The Balaban J connectivity index is 1.52. The fraction of sp³-hybridized carbons (Fsp3) is 0.464. The van der Waals surface area contributed by atoms with Gasteiger partial charge in [0.05, 0.1) is 25.9 Å². The summed E-state index contributed by atoms with van der Waals surface area (Å²) in [4.78, 5) is 13.2. The van der Waals surface area contributed by atoms with E-state index in [0.29, 0.717) is 5.56 Å². The van der Waals surface area contributed by atoms with Crippen LogP contribution >= 0.6 is 0 Å². The van der Waals surface area contributed by atoms with Crippen molar-refractivity contribution in [1.82, 2.24) is 0 Å². The molecule has 15 heteroatoms. The second-order valence-corrected chi connectivity index (χ2v) is 10.3. The molecule has 0 radical (unpaired) electrons. The average molecular weight is 609 g/mol. The maximum absolute atomic E-state index is 13.2. The van der Waals surface area contributed by atoms with Crippen LogP contribution in [0.15, 0.2) is 45.6 Å². The first kappa shape index (κ1) is 31.1. The summed E-state index contributed by atoms with van der Waals surface area (Å²) < 4.78 is 28.2. The standard InChI is InChI=1S/C28H32O15/c1-39-15-7-13(32)18-12(31)6-14(10-2-4-11(30)5-3-10)41-26(18)19(15)27-24(37)22(35)21(34)17(42-27)9-40-28-25(38)23(36)20(33)16(8-29)43-28/h2-7,16-17,20-25,27-30,32-38H,8-9H2,1H3/t16-,17-,20-,21-,22+,23+,24-,25-,27+,28-/m1/s1. The number of aromatic hydroxyl groups is 2. The monoisotopic (exact) mass is 608 g/mol. The molecule has 2 aliphatic rings. The number of ether oxygens (including phenoxy) is 4. The zero-order chi connectivity index (χ0) is 31.2. The molecule has 234 valence electrons. The summed E-state index contributed by atoms with van der Waals surface area (Å²) in [6, 6.07) is 7.93. The van der Waals surface area contributed by atoms with Crippen molar-refractivity contribution in [3.05, 3.63) is 52.2 Å². The maximum atomic E-state index is 13.2. The van der Waals surface area contributed by atoms with Crippen molar-refractivity contribution < 1.29 is 69.3 Å². The number of benzene rings is 2. The van der Waals surface area contributed by atoms with Crippen LogP contribution in [0.25, 0.3) is 22.3 Å². The second-order valence-electron chi connectivity index (χ2n) is 10.3. The predicted molar refractivity (Wildman–Crippen MR) is 143 cm³/mol. The van der Waals surface area contributed by atoms with Gasteiger partial charge in [-0.15, -0.1) is 0 Å². The van der Waals surface area contributed by atoms with E-state index in [9.17, 15) is 50.8 Å². The number of hydrogen-bond donors (Lipinski definition) is 9. The van der Waals surface area contributed by atoms with Gasteiger partial charge in [0.1, 0.15) is 83.3 Å². The SMILES string of the molecule is COc1cc(O)c2c(=O)cc(-c3ccc(O)cc3)oc2c1[C@@H]1O[C@H](CO[C@@H]2O[C@H](CO)[C@@H](O)[C@H](O)[C@H]2O)[C@@H](O)[C@H](O)[C@H]1O. The molecule has 2 aromatic carbocycles. The lowest BCUT2D eigenvalue weighted by atomic mass is 9.89. The predicted octanol–water partition coefficient (Wildman–Crippen LogP) is -1.78. The van der Waals surface area contributed by atoms with Gasteiger partial charge in [-0.1, -0.05) is 0 Å². The second kappa shape index (κ2) is 12.3. The highest BCUT2D eigenvalue weighted by Gasteiger charge is 2.48. The Kier molecular flexibility index (Phi) is 8.92. The molecular weight excluding hydrogens is 576 g/mol. The molecule has 2 aliphatic heterocycles. The summed E-state index contributed by atoms with van der Waals surface area (Å²) in [5.74, 6) is -0.609. The van der Waals surface area contributed by atoms with Crippen LogP contribution in [-0.4, -0.2) is 121 Å². The maximum Gasteiger partial charge on any atom is 0.197 e. The molecule has 10 atom stereocenters. The molecule has 5 rings (SSSR count). The van der Waals surface area contributed by atoms with Gasteiger partial charge in [-0.3, -0.25) is 4.79 Å². The molecule has 0 bridgehead atoms. The molecule has 2 saturated heterocycles. The zero-order valence-corrected chi connectivity index (χ0v) is 22.6. The van der Waals surface area contributed by atoms with Crippen LogP contribution in [0.5, 0.6) is 17.2 Å². The summed E-state index contributed by atoms with van der Waals surface area (Å²) in [5, 5.41) is 92.2. The molecular formula is C28H32O15. The highest BCUT2D eigenvalue weighted by molar-refractivity contribution is 5.89. The minimum atomic E-state index is -1.84. The van der Waals surface area contributed by atoms with Gasteiger partial charge in [0.2, 0.25) is 0 Å². The summed E-state index contributed by atoms with van der Waals surface area (Å²) in [6.07, 6.45) is -16.3. The Morgan fingerprint density at radius 3 is 2.12 bits per heavy atom. The third kappa shape index (κ3) is 5.67. The molecule has 3 heterocycles. The molecule has 43 heavy (non-hydrogen) atoms. The van der Waals surface area contributed by atoms with E-state index < -0.39 is 85.6 Å². The van der Waals surface area contributed by atoms with E-state index in [2.05, 4.69) is 0 Å². The molecule has 2 fully saturated rings. The van der Waals surface area contributed by atoms with Crippen LogP contribution in [0, 0.1) is 0 Å². The number of fused-ring (bicyclic) bond motifs is 1. The van der Waals surface area contributed by atoms with E-state index in [0.717, 1.165) is 12.1 Å². The van der Waals surface area contributed by atoms with E-state index in [1.807, 2.05) is 0 Å². The van der Waals surface area contributed by atoms with Crippen LogP contribution in [0.2, 0.25) is 0 Å². The number of phenols is 2. The first-order chi connectivity index (χ1) is 20.5. The third-order valence-corrected chi connectivity index (χ3v) is 7.62. The van der Waals surface area contributed by atoms with Gasteiger partial charge < -0.3 is 69.3 Å². The van der Waals surface area contributed by atoms with Crippen molar-refractivity contribution in [3.8, 4) is 28.6 Å². The van der Waals surface area contributed by atoms with Gasteiger partial charge in [-0.05, 0) is 24.3 Å². The number of aliphatic hydroxyl groups is 7. The van der Waals surface area contributed by atoms with Crippen molar-refractivity contribution in [2.45, 2.75) is 61.2 Å². The number of phenolic OH excluding ortho intramolecular Hbond substituents is 2. The Morgan fingerprint density at radius 1 is 0.814 bits per heavy atom. The van der Waals surface area contributed by atoms with E-state index in [4.69, 9.17) is 23.4 Å². The van der Waals surface area contributed by atoms with Crippen LogP contribution in [0.1, 0.15) is 11.7 Å². The highest BCUT2D eigenvalue weighted by atomic mass is 16.7. The summed E-state index contributed by atoms with van der Waals surface area (Å²) in [5.41, 5.74) is -0.631. The van der Waals surface area contributed by atoms with E-state index in [1.165, 1.54) is 31.4 Å². The van der Waals surface area contributed by atoms with Gasteiger partial charge in [0, 0.05) is 17.7 Å². The Morgan fingerprint density at radius 2 is 1.47 bits per heavy atom. The molecule has 0 aliphatic carbocycles. The molecule has 9 N–H and O–H groups in total. The lowest BCUT2D eigenvalue weighted by molar-refractivity contribution is -0.314.